The topological polar surface area (TPSA) is 20.2 Å². The van der Waals surface area contributed by atoms with Gasteiger partial charge < -0.3 is 5.11 Å². The van der Waals surface area contributed by atoms with Crippen LogP contribution in [0.5, 0.6) is 0 Å². The Morgan fingerprint density at radius 3 is 2.93 bits per heavy atom. The lowest BCUT2D eigenvalue weighted by Gasteiger charge is -2.25. The highest BCUT2D eigenvalue weighted by atomic mass is 35.5. The summed E-state index contributed by atoms with van der Waals surface area (Å²) in [7, 11) is 0. The van der Waals surface area contributed by atoms with Crippen LogP contribution in [0.25, 0.3) is 0 Å². The Labute approximate surface area is 100 Å². The van der Waals surface area contributed by atoms with Crippen LogP contribution in [0.3, 0.4) is 0 Å². The van der Waals surface area contributed by atoms with Crippen LogP contribution in [0.4, 0.5) is 0 Å². The maximum atomic E-state index is 10.6. The van der Waals surface area contributed by atoms with Gasteiger partial charge in [0, 0.05) is 0 Å². The molecule has 0 saturated heterocycles. The lowest BCUT2D eigenvalue weighted by atomic mass is 9.92. The van der Waals surface area contributed by atoms with Crippen molar-refractivity contribution in [2.75, 3.05) is 0 Å². The molecule has 0 bridgehead atoms. The van der Waals surface area contributed by atoms with Crippen LogP contribution in [-0.2, 0) is 5.60 Å². The minimum Gasteiger partial charge on any atom is -0.384 e. The van der Waals surface area contributed by atoms with Crippen molar-refractivity contribution in [1.82, 2.24) is 0 Å². The van der Waals surface area contributed by atoms with E-state index in [1.807, 2.05) is 11.4 Å². The average molecular weight is 245 g/mol. The first-order chi connectivity index (χ1) is 7.12. The highest BCUT2D eigenvalue weighted by Gasteiger charge is 2.34. The Balaban J connectivity index is 2.22. The molecular weight excluding hydrogens is 228 g/mol. The van der Waals surface area contributed by atoms with E-state index in [9.17, 15) is 5.11 Å². The molecular formula is C12H17ClOS. The first kappa shape index (κ1) is 11.4. The van der Waals surface area contributed by atoms with E-state index in [1.165, 1.54) is 6.42 Å². The SMILES string of the molecule is CC1CCCC(O)(c2sccc2Cl)CC1. The first-order valence-corrected chi connectivity index (χ1v) is 6.83. The van der Waals surface area contributed by atoms with Crippen molar-refractivity contribution in [1.29, 1.82) is 0 Å². The molecule has 3 heteroatoms. The normalized spacial score (nSPS) is 32.6. The summed E-state index contributed by atoms with van der Waals surface area (Å²) < 4.78 is 0. The van der Waals surface area contributed by atoms with Crippen molar-refractivity contribution in [3.63, 3.8) is 0 Å². The monoisotopic (exact) mass is 244 g/mol. The number of hydrogen-bond acceptors (Lipinski definition) is 2. The zero-order valence-electron chi connectivity index (χ0n) is 9.00. The molecule has 0 spiro atoms. The molecule has 1 fully saturated rings. The summed E-state index contributed by atoms with van der Waals surface area (Å²) in [6.07, 6.45) is 5.15. The van der Waals surface area contributed by atoms with Gasteiger partial charge in [-0.1, -0.05) is 24.9 Å². The van der Waals surface area contributed by atoms with E-state index in [1.54, 1.807) is 11.3 Å². The van der Waals surface area contributed by atoms with Crippen molar-refractivity contribution in [3.8, 4) is 0 Å². The number of thiophene rings is 1. The van der Waals surface area contributed by atoms with Gasteiger partial charge in [0.15, 0.2) is 0 Å². The second-order valence-electron chi connectivity index (χ2n) is 4.67. The van der Waals surface area contributed by atoms with Crippen molar-refractivity contribution in [3.05, 3.63) is 21.3 Å². The maximum absolute atomic E-state index is 10.6. The summed E-state index contributed by atoms with van der Waals surface area (Å²) in [5.41, 5.74) is -0.657. The van der Waals surface area contributed by atoms with Gasteiger partial charge in [-0.3, -0.25) is 0 Å². The zero-order valence-corrected chi connectivity index (χ0v) is 10.6. The molecule has 84 valence electrons. The molecule has 1 N–H and O–H groups in total. The minimum atomic E-state index is -0.657. The smallest absolute Gasteiger partial charge is 0.100 e. The molecule has 1 aromatic rings. The van der Waals surface area contributed by atoms with E-state index in [-0.39, 0.29) is 0 Å². The number of rotatable bonds is 1. The Morgan fingerprint density at radius 1 is 1.47 bits per heavy atom. The van der Waals surface area contributed by atoms with Crippen LogP contribution in [-0.4, -0.2) is 5.11 Å². The van der Waals surface area contributed by atoms with Crippen LogP contribution in [0.2, 0.25) is 5.02 Å². The lowest BCUT2D eigenvalue weighted by Crippen LogP contribution is -2.23. The predicted molar refractivity (Wildman–Crippen MR) is 65.5 cm³/mol. The fourth-order valence-corrected chi connectivity index (χ4v) is 3.74. The zero-order chi connectivity index (χ0) is 10.9. The van der Waals surface area contributed by atoms with E-state index in [0.717, 1.165) is 41.5 Å². The maximum Gasteiger partial charge on any atom is 0.100 e. The third-order valence-electron chi connectivity index (χ3n) is 3.38. The molecule has 1 aromatic heterocycles. The molecule has 2 rings (SSSR count). The summed E-state index contributed by atoms with van der Waals surface area (Å²) in [5, 5.41) is 13.3. The average Bonchev–Trinajstić information content (AvgIpc) is 2.55. The van der Waals surface area contributed by atoms with E-state index < -0.39 is 5.60 Å². The Morgan fingerprint density at radius 2 is 2.27 bits per heavy atom. The van der Waals surface area contributed by atoms with Crippen LogP contribution in [0.1, 0.15) is 43.9 Å². The van der Waals surface area contributed by atoms with E-state index in [4.69, 9.17) is 11.6 Å². The molecule has 1 aliphatic carbocycles. The fraction of sp³-hybridized carbons (Fsp3) is 0.667. The summed E-state index contributed by atoms with van der Waals surface area (Å²) in [6.45, 7) is 2.27. The Bertz CT molecular complexity index is 336. The molecule has 0 amide bonds. The second-order valence-corrected chi connectivity index (χ2v) is 5.99. The standard InChI is InChI=1S/C12H17ClOS/c1-9-3-2-6-12(14,7-4-9)11-10(13)5-8-15-11/h5,8-9,14H,2-4,6-7H2,1H3. The number of aliphatic hydroxyl groups is 1. The third-order valence-corrected chi connectivity index (χ3v) is 4.91. The molecule has 15 heavy (non-hydrogen) atoms. The van der Waals surface area contributed by atoms with Crippen molar-refractivity contribution in [2.24, 2.45) is 5.92 Å². The highest BCUT2D eigenvalue weighted by Crippen LogP contribution is 2.42. The van der Waals surface area contributed by atoms with Gasteiger partial charge in [-0.25, -0.2) is 0 Å². The molecule has 0 aliphatic heterocycles. The summed E-state index contributed by atoms with van der Waals surface area (Å²) in [5.74, 6) is 0.734. The molecule has 1 nitrogen and oxygen atoms in total. The van der Waals surface area contributed by atoms with Crippen LogP contribution in [0, 0.1) is 5.92 Å². The number of hydrogen-bond donors (Lipinski definition) is 1. The van der Waals surface area contributed by atoms with Gasteiger partial charge in [-0.05, 0) is 43.0 Å². The summed E-state index contributed by atoms with van der Waals surface area (Å²) in [6, 6.07) is 1.88. The largest absolute Gasteiger partial charge is 0.384 e. The predicted octanol–water partition coefficient (Wildman–Crippen LogP) is 4.19. The van der Waals surface area contributed by atoms with Gasteiger partial charge in [0.25, 0.3) is 0 Å². The molecule has 2 atom stereocenters. The van der Waals surface area contributed by atoms with Crippen molar-refractivity contribution >= 4 is 22.9 Å². The van der Waals surface area contributed by atoms with E-state index in [0.29, 0.717) is 0 Å². The molecule has 1 heterocycles. The quantitative estimate of drug-likeness (QED) is 0.735. The molecule has 1 aliphatic rings. The molecule has 1 saturated carbocycles. The van der Waals surface area contributed by atoms with Crippen molar-refractivity contribution in [2.45, 2.75) is 44.6 Å². The van der Waals surface area contributed by atoms with Gasteiger partial charge >= 0.3 is 0 Å². The molecule has 0 aromatic carbocycles. The Hall–Kier alpha value is -0.0500. The fourth-order valence-electron chi connectivity index (χ4n) is 2.35. The summed E-state index contributed by atoms with van der Waals surface area (Å²) >= 11 is 7.69. The number of halogens is 1. The highest BCUT2D eigenvalue weighted by molar-refractivity contribution is 7.10. The van der Waals surface area contributed by atoms with Gasteiger partial charge in [-0.2, -0.15) is 0 Å². The Kier molecular flexibility index (Phi) is 3.39. The van der Waals surface area contributed by atoms with Crippen LogP contribution in [0.15, 0.2) is 11.4 Å². The van der Waals surface area contributed by atoms with Gasteiger partial charge in [-0.15, -0.1) is 11.3 Å². The van der Waals surface area contributed by atoms with Crippen molar-refractivity contribution < 1.29 is 5.11 Å². The molecule has 2 unspecified atom stereocenters. The van der Waals surface area contributed by atoms with Gasteiger partial charge in [0.1, 0.15) is 5.60 Å². The second kappa shape index (κ2) is 4.44. The minimum absolute atomic E-state index is 0.657. The van der Waals surface area contributed by atoms with Crippen LogP contribution < -0.4 is 0 Å². The van der Waals surface area contributed by atoms with Gasteiger partial charge in [0.2, 0.25) is 0 Å². The first-order valence-electron chi connectivity index (χ1n) is 5.58. The van der Waals surface area contributed by atoms with Gasteiger partial charge in [0.05, 0.1) is 9.90 Å². The van der Waals surface area contributed by atoms with E-state index in [2.05, 4.69) is 6.92 Å². The van der Waals surface area contributed by atoms with Crippen LogP contribution >= 0.6 is 22.9 Å². The lowest BCUT2D eigenvalue weighted by molar-refractivity contribution is 0.0236. The molecule has 0 radical (unpaired) electrons. The van der Waals surface area contributed by atoms with E-state index >= 15 is 0 Å². The third kappa shape index (κ3) is 2.38. The summed E-state index contributed by atoms with van der Waals surface area (Å²) in [4.78, 5) is 0.971.